The number of benzene rings is 1. The number of hydrogen-bond acceptors (Lipinski definition) is 4. The van der Waals surface area contributed by atoms with Gasteiger partial charge in [0.2, 0.25) is 0 Å². The maximum atomic E-state index is 12.4. The second-order valence-corrected chi connectivity index (χ2v) is 5.43. The summed E-state index contributed by atoms with van der Waals surface area (Å²) in [5.74, 6) is 0. The molecule has 0 unspecified atom stereocenters. The second kappa shape index (κ2) is 6.08. The summed E-state index contributed by atoms with van der Waals surface area (Å²) in [7, 11) is 3.09. The Morgan fingerprint density at radius 2 is 1.78 bits per heavy atom. The van der Waals surface area contributed by atoms with Crippen molar-refractivity contribution in [3.05, 3.63) is 69.0 Å². The fourth-order valence-electron chi connectivity index (χ4n) is 2.62. The van der Waals surface area contributed by atoms with E-state index in [4.69, 9.17) is 0 Å². The van der Waals surface area contributed by atoms with Gasteiger partial charge in [-0.05, 0) is 18.1 Å². The molecule has 0 radical (unpaired) electrons. The van der Waals surface area contributed by atoms with E-state index in [2.05, 4.69) is 22.4 Å². The van der Waals surface area contributed by atoms with E-state index in [1.54, 1.807) is 19.3 Å². The van der Waals surface area contributed by atoms with Crippen LogP contribution < -0.4 is 16.6 Å². The fourth-order valence-corrected chi connectivity index (χ4v) is 2.62. The number of aromatic nitrogens is 3. The molecule has 2 heterocycles. The Morgan fingerprint density at radius 1 is 1.04 bits per heavy atom. The van der Waals surface area contributed by atoms with Crippen LogP contribution in [-0.4, -0.2) is 20.7 Å². The van der Waals surface area contributed by atoms with Gasteiger partial charge in [0.15, 0.2) is 5.65 Å². The van der Waals surface area contributed by atoms with Crippen molar-refractivity contribution < 1.29 is 0 Å². The van der Waals surface area contributed by atoms with Gasteiger partial charge < -0.3 is 5.32 Å². The van der Waals surface area contributed by atoms with Crippen molar-refractivity contribution in [2.45, 2.75) is 6.42 Å². The van der Waals surface area contributed by atoms with Crippen LogP contribution in [-0.2, 0) is 20.5 Å². The molecule has 0 aliphatic carbocycles. The summed E-state index contributed by atoms with van der Waals surface area (Å²) in [6.07, 6.45) is 2.45. The second-order valence-electron chi connectivity index (χ2n) is 5.43. The molecule has 0 saturated heterocycles. The summed E-state index contributed by atoms with van der Waals surface area (Å²) in [4.78, 5) is 28.6. The normalized spacial score (nSPS) is 10.9. The summed E-state index contributed by atoms with van der Waals surface area (Å²) in [5, 5.41) is 3.72. The van der Waals surface area contributed by atoms with E-state index in [0.29, 0.717) is 23.3 Å². The molecule has 3 rings (SSSR count). The summed E-state index contributed by atoms with van der Waals surface area (Å²) >= 11 is 0. The minimum absolute atomic E-state index is 0.335. The number of fused-ring (bicyclic) bond motifs is 1. The predicted molar refractivity (Wildman–Crippen MR) is 90.9 cm³/mol. The molecule has 1 N–H and O–H groups in total. The molecule has 0 amide bonds. The highest BCUT2D eigenvalue weighted by atomic mass is 16.2. The standard InChI is InChI=1S/C17H18N4O2/c1-20-15-14(16(22)21(2)17(20)23)13(9-11-19-15)18-10-8-12-6-4-3-5-7-12/h3-7,9,11H,8,10H2,1-2H3,(H,18,19). The van der Waals surface area contributed by atoms with Crippen molar-refractivity contribution in [1.29, 1.82) is 0 Å². The van der Waals surface area contributed by atoms with Gasteiger partial charge in [-0.1, -0.05) is 30.3 Å². The van der Waals surface area contributed by atoms with Crippen LogP contribution in [0.1, 0.15) is 5.56 Å². The van der Waals surface area contributed by atoms with E-state index in [1.807, 2.05) is 18.2 Å². The zero-order valence-corrected chi connectivity index (χ0v) is 13.1. The zero-order chi connectivity index (χ0) is 16.4. The maximum Gasteiger partial charge on any atom is 0.332 e. The van der Waals surface area contributed by atoms with Crippen LogP contribution in [0.3, 0.4) is 0 Å². The molecule has 0 saturated carbocycles. The number of nitrogens with one attached hydrogen (secondary N) is 1. The lowest BCUT2D eigenvalue weighted by Gasteiger charge is -2.12. The Hall–Kier alpha value is -2.89. The monoisotopic (exact) mass is 310 g/mol. The third-order valence-electron chi connectivity index (χ3n) is 3.91. The van der Waals surface area contributed by atoms with Gasteiger partial charge >= 0.3 is 5.69 Å². The molecule has 1 aromatic carbocycles. The molecule has 0 aliphatic rings. The Kier molecular flexibility index (Phi) is 3.97. The average molecular weight is 310 g/mol. The maximum absolute atomic E-state index is 12.4. The number of pyridine rings is 1. The van der Waals surface area contributed by atoms with Crippen LogP contribution in [0.5, 0.6) is 0 Å². The molecule has 0 fully saturated rings. The fraction of sp³-hybridized carbons (Fsp3) is 0.235. The van der Waals surface area contributed by atoms with Crippen LogP contribution in [0.25, 0.3) is 11.0 Å². The number of aryl methyl sites for hydroxylation is 1. The first-order valence-corrected chi connectivity index (χ1v) is 7.42. The van der Waals surface area contributed by atoms with Crippen molar-refractivity contribution in [2.24, 2.45) is 14.1 Å². The Bertz CT molecular complexity index is 958. The molecule has 118 valence electrons. The van der Waals surface area contributed by atoms with Crippen molar-refractivity contribution in [1.82, 2.24) is 14.1 Å². The molecule has 23 heavy (non-hydrogen) atoms. The van der Waals surface area contributed by atoms with Gasteiger partial charge in [-0.15, -0.1) is 0 Å². The highest BCUT2D eigenvalue weighted by Crippen LogP contribution is 2.16. The Morgan fingerprint density at radius 3 is 2.52 bits per heavy atom. The van der Waals surface area contributed by atoms with Crippen LogP contribution >= 0.6 is 0 Å². The Balaban J connectivity index is 1.96. The van der Waals surface area contributed by atoms with Gasteiger partial charge in [0.05, 0.1) is 5.69 Å². The van der Waals surface area contributed by atoms with Gasteiger partial charge in [-0.3, -0.25) is 13.9 Å². The summed E-state index contributed by atoms with van der Waals surface area (Å²) < 4.78 is 2.49. The minimum atomic E-state index is -0.378. The third-order valence-corrected chi connectivity index (χ3v) is 3.91. The first kappa shape index (κ1) is 15.0. The summed E-state index contributed by atoms with van der Waals surface area (Å²) in [6.45, 7) is 0.690. The molecule has 0 spiro atoms. The lowest BCUT2D eigenvalue weighted by Crippen LogP contribution is -2.37. The smallest absolute Gasteiger partial charge is 0.332 e. The molecular formula is C17H18N4O2. The first-order valence-electron chi connectivity index (χ1n) is 7.42. The molecule has 6 heteroatoms. The molecule has 0 aliphatic heterocycles. The lowest BCUT2D eigenvalue weighted by atomic mass is 10.1. The van der Waals surface area contributed by atoms with Gasteiger partial charge in [0.1, 0.15) is 5.39 Å². The topological polar surface area (TPSA) is 68.9 Å². The number of nitrogens with zero attached hydrogens (tertiary/aromatic N) is 3. The van der Waals surface area contributed by atoms with E-state index in [9.17, 15) is 9.59 Å². The van der Waals surface area contributed by atoms with Gasteiger partial charge in [-0.25, -0.2) is 9.78 Å². The van der Waals surface area contributed by atoms with Crippen molar-refractivity contribution in [3.8, 4) is 0 Å². The van der Waals surface area contributed by atoms with Crippen molar-refractivity contribution in [3.63, 3.8) is 0 Å². The molecular weight excluding hydrogens is 292 g/mol. The largest absolute Gasteiger partial charge is 0.384 e. The number of rotatable bonds is 4. The number of anilines is 1. The molecule has 0 bridgehead atoms. The minimum Gasteiger partial charge on any atom is -0.384 e. The van der Waals surface area contributed by atoms with Crippen LogP contribution in [0.15, 0.2) is 52.2 Å². The highest BCUT2D eigenvalue weighted by Gasteiger charge is 2.12. The van der Waals surface area contributed by atoms with Crippen LogP contribution in [0, 0.1) is 0 Å². The van der Waals surface area contributed by atoms with Crippen LogP contribution in [0.4, 0.5) is 5.69 Å². The predicted octanol–water partition coefficient (Wildman–Crippen LogP) is 1.29. The molecule has 0 atom stereocenters. The molecule has 6 nitrogen and oxygen atoms in total. The van der Waals surface area contributed by atoms with E-state index in [1.165, 1.54) is 17.2 Å². The summed E-state index contributed by atoms with van der Waals surface area (Å²) in [5.41, 5.74) is 1.60. The van der Waals surface area contributed by atoms with Crippen molar-refractivity contribution in [2.75, 3.05) is 11.9 Å². The summed E-state index contributed by atoms with van der Waals surface area (Å²) in [6, 6.07) is 11.9. The first-order chi connectivity index (χ1) is 11.1. The highest BCUT2D eigenvalue weighted by molar-refractivity contribution is 5.88. The van der Waals surface area contributed by atoms with E-state index >= 15 is 0 Å². The van der Waals surface area contributed by atoms with Gasteiger partial charge in [0, 0.05) is 26.8 Å². The van der Waals surface area contributed by atoms with E-state index in [0.717, 1.165) is 11.0 Å². The van der Waals surface area contributed by atoms with Gasteiger partial charge in [-0.2, -0.15) is 0 Å². The average Bonchev–Trinajstić information content (AvgIpc) is 2.59. The van der Waals surface area contributed by atoms with Crippen LogP contribution in [0.2, 0.25) is 0 Å². The van der Waals surface area contributed by atoms with Gasteiger partial charge in [0.25, 0.3) is 5.56 Å². The molecule has 2 aromatic heterocycles. The Labute approximate surface area is 133 Å². The zero-order valence-electron chi connectivity index (χ0n) is 13.1. The van der Waals surface area contributed by atoms with Crippen molar-refractivity contribution >= 4 is 16.7 Å². The lowest BCUT2D eigenvalue weighted by molar-refractivity contribution is 0.708. The third kappa shape index (κ3) is 2.75. The number of hydrogen-bond donors (Lipinski definition) is 1. The van der Waals surface area contributed by atoms with E-state index in [-0.39, 0.29) is 11.2 Å². The van der Waals surface area contributed by atoms with E-state index < -0.39 is 0 Å². The molecule has 3 aromatic rings. The quantitative estimate of drug-likeness (QED) is 0.788. The SMILES string of the molecule is Cn1c(=O)c2c(NCCc3ccccc3)ccnc2n(C)c1=O.